The van der Waals surface area contributed by atoms with Gasteiger partial charge in [-0.05, 0) is 74.4 Å². The van der Waals surface area contributed by atoms with E-state index in [2.05, 4.69) is 5.32 Å². The lowest BCUT2D eigenvalue weighted by Gasteiger charge is -2.32. The van der Waals surface area contributed by atoms with Gasteiger partial charge in [0.05, 0.1) is 17.2 Å². The molecule has 0 saturated carbocycles. The van der Waals surface area contributed by atoms with Crippen LogP contribution in [-0.4, -0.2) is 50.9 Å². The van der Waals surface area contributed by atoms with Gasteiger partial charge < -0.3 is 15.0 Å². The molecule has 1 atom stereocenters. The van der Waals surface area contributed by atoms with Crippen LogP contribution in [0.15, 0.2) is 83.8 Å². The number of hydrogen-bond donors (Lipinski definition) is 1. The van der Waals surface area contributed by atoms with E-state index in [0.717, 1.165) is 22.7 Å². The standard InChI is InChI=1S/C30H36ClN3O5S/c1-4-6-20-32-30(36)23(3)33(21-24-12-14-25(31)15-13-24)29(35)22-34(26-10-8-7-9-11-26)40(37,38)28-18-16-27(17-19-28)39-5-2/h7-19,23H,4-6,20-22H2,1-3H3,(H,32,36). The molecule has 8 nitrogen and oxygen atoms in total. The number of para-hydroxylation sites is 1. The van der Waals surface area contributed by atoms with Crippen molar-refractivity contribution in [2.45, 2.75) is 51.1 Å². The fourth-order valence-electron chi connectivity index (χ4n) is 4.03. The first-order valence-electron chi connectivity index (χ1n) is 13.3. The monoisotopic (exact) mass is 585 g/mol. The number of carbonyl (C=O) groups excluding carboxylic acids is 2. The molecule has 10 heteroatoms. The first-order valence-corrected chi connectivity index (χ1v) is 15.1. The van der Waals surface area contributed by atoms with Crippen LogP contribution in [0.25, 0.3) is 0 Å². The third-order valence-corrected chi connectivity index (χ3v) is 8.35. The minimum absolute atomic E-state index is 0.0159. The lowest BCUT2D eigenvalue weighted by molar-refractivity contribution is -0.139. The Labute approximate surface area is 241 Å². The number of ether oxygens (including phenoxy) is 1. The van der Waals surface area contributed by atoms with Crippen LogP contribution in [0.1, 0.15) is 39.2 Å². The van der Waals surface area contributed by atoms with Gasteiger partial charge in [0.15, 0.2) is 0 Å². The number of hydrogen-bond acceptors (Lipinski definition) is 5. The molecule has 0 heterocycles. The summed E-state index contributed by atoms with van der Waals surface area (Å²) in [4.78, 5) is 28.3. The number of unbranched alkanes of at least 4 members (excludes halogenated alkanes) is 1. The Hall–Kier alpha value is -3.56. The molecule has 0 aliphatic heterocycles. The SMILES string of the molecule is CCCCNC(=O)C(C)N(Cc1ccc(Cl)cc1)C(=O)CN(c1ccccc1)S(=O)(=O)c1ccc(OCC)cc1. The molecule has 0 aromatic heterocycles. The van der Waals surface area contributed by atoms with Crippen molar-refractivity contribution in [3.8, 4) is 5.75 Å². The van der Waals surface area contributed by atoms with Crippen molar-refractivity contribution in [1.29, 1.82) is 0 Å². The summed E-state index contributed by atoms with van der Waals surface area (Å²) in [5.74, 6) is -0.288. The van der Waals surface area contributed by atoms with E-state index in [4.69, 9.17) is 16.3 Å². The Morgan fingerprint density at radius 3 is 2.20 bits per heavy atom. The molecule has 3 rings (SSSR count). The van der Waals surface area contributed by atoms with Gasteiger partial charge in [-0.1, -0.05) is 55.3 Å². The molecule has 40 heavy (non-hydrogen) atoms. The van der Waals surface area contributed by atoms with Crippen molar-refractivity contribution in [1.82, 2.24) is 10.2 Å². The Balaban J connectivity index is 1.96. The zero-order chi connectivity index (χ0) is 29.1. The van der Waals surface area contributed by atoms with E-state index in [-0.39, 0.29) is 17.3 Å². The minimum atomic E-state index is -4.14. The predicted octanol–water partition coefficient (Wildman–Crippen LogP) is 5.27. The van der Waals surface area contributed by atoms with E-state index in [1.165, 1.54) is 17.0 Å². The van der Waals surface area contributed by atoms with E-state index in [1.54, 1.807) is 73.7 Å². The minimum Gasteiger partial charge on any atom is -0.494 e. The van der Waals surface area contributed by atoms with E-state index in [1.807, 2.05) is 13.8 Å². The molecular formula is C30H36ClN3O5S. The number of benzene rings is 3. The smallest absolute Gasteiger partial charge is 0.264 e. The average Bonchev–Trinajstić information content (AvgIpc) is 2.96. The summed E-state index contributed by atoms with van der Waals surface area (Å²) in [6.07, 6.45) is 1.73. The summed E-state index contributed by atoms with van der Waals surface area (Å²) >= 11 is 6.04. The van der Waals surface area contributed by atoms with Crippen LogP contribution in [0.5, 0.6) is 5.75 Å². The second-order valence-corrected chi connectivity index (χ2v) is 11.5. The highest BCUT2D eigenvalue weighted by atomic mass is 35.5. The van der Waals surface area contributed by atoms with Gasteiger partial charge in [0, 0.05) is 18.1 Å². The molecule has 0 saturated heterocycles. The average molecular weight is 586 g/mol. The number of anilines is 1. The molecule has 0 aliphatic rings. The van der Waals surface area contributed by atoms with Crippen molar-refractivity contribution in [2.24, 2.45) is 0 Å². The highest BCUT2D eigenvalue weighted by Gasteiger charge is 2.32. The molecular weight excluding hydrogens is 550 g/mol. The third kappa shape index (κ3) is 8.22. The quantitative estimate of drug-likeness (QED) is 0.260. The number of amides is 2. The van der Waals surface area contributed by atoms with Gasteiger partial charge in [-0.25, -0.2) is 8.42 Å². The maximum absolute atomic E-state index is 13.9. The number of nitrogens with one attached hydrogen (secondary N) is 1. The maximum atomic E-state index is 13.9. The number of rotatable bonds is 14. The Morgan fingerprint density at radius 1 is 0.950 bits per heavy atom. The van der Waals surface area contributed by atoms with Crippen molar-refractivity contribution in [2.75, 3.05) is 24.0 Å². The lowest BCUT2D eigenvalue weighted by atomic mass is 10.1. The van der Waals surface area contributed by atoms with Crippen LogP contribution in [0.4, 0.5) is 5.69 Å². The molecule has 1 N–H and O–H groups in total. The van der Waals surface area contributed by atoms with Crippen molar-refractivity contribution in [3.63, 3.8) is 0 Å². The zero-order valence-electron chi connectivity index (χ0n) is 23.0. The number of halogens is 1. The van der Waals surface area contributed by atoms with Gasteiger partial charge in [-0.2, -0.15) is 0 Å². The van der Waals surface area contributed by atoms with Gasteiger partial charge in [0.1, 0.15) is 18.3 Å². The highest BCUT2D eigenvalue weighted by Crippen LogP contribution is 2.26. The van der Waals surface area contributed by atoms with Crippen molar-refractivity contribution < 1.29 is 22.7 Å². The molecule has 214 valence electrons. The van der Waals surface area contributed by atoms with Gasteiger partial charge in [-0.15, -0.1) is 0 Å². The van der Waals surface area contributed by atoms with Crippen LogP contribution in [0.3, 0.4) is 0 Å². The fraction of sp³-hybridized carbons (Fsp3) is 0.333. The molecule has 2 amide bonds. The Kier molecular flexibility index (Phi) is 11.4. The maximum Gasteiger partial charge on any atom is 0.264 e. The molecule has 0 radical (unpaired) electrons. The van der Waals surface area contributed by atoms with Gasteiger partial charge >= 0.3 is 0 Å². The summed E-state index contributed by atoms with van der Waals surface area (Å²) in [5.41, 5.74) is 1.09. The Morgan fingerprint density at radius 2 is 1.60 bits per heavy atom. The number of nitrogens with zero attached hydrogens (tertiary/aromatic N) is 2. The van der Waals surface area contributed by atoms with Crippen molar-refractivity contribution >= 4 is 39.1 Å². The van der Waals surface area contributed by atoms with Crippen LogP contribution < -0.4 is 14.4 Å². The largest absolute Gasteiger partial charge is 0.494 e. The summed E-state index contributed by atoms with van der Waals surface area (Å²) in [6, 6.07) is 20.6. The molecule has 0 aliphatic carbocycles. The molecule has 0 spiro atoms. The fourth-order valence-corrected chi connectivity index (χ4v) is 5.57. The topological polar surface area (TPSA) is 96.0 Å². The van der Waals surface area contributed by atoms with E-state index < -0.39 is 28.5 Å². The summed E-state index contributed by atoms with van der Waals surface area (Å²) in [7, 11) is -4.14. The molecule has 0 bridgehead atoms. The van der Waals surface area contributed by atoms with Crippen LogP contribution in [0.2, 0.25) is 5.02 Å². The number of carbonyl (C=O) groups is 2. The second kappa shape index (κ2) is 14.7. The Bertz CT molecular complexity index is 1350. The third-order valence-electron chi connectivity index (χ3n) is 6.31. The summed E-state index contributed by atoms with van der Waals surface area (Å²) in [6.45, 7) is 6.05. The van der Waals surface area contributed by atoms with Crippen LogP contribution >= 0.6 is 11.6 Å². The second-order valence-electron chi connectivity index (χ2n) is 9.22. The van der Waals surface area contributed by atoms with Gasteiger partial charge in [-0.3, -0.25) is 13.9 Å². The highest BCUT2D eigenvalue weighted by molar-refractivity contribution is 7.92. The first-order chi connectivity index (χ1) is 19.2. The summed E-state index contributed by atoms with van der Waals surface area (Å²) < 4.78 is 34.2. The normalized spacial score (nSPS) is 11.9. The van der Waals surface area contributed by atoms with Gasteiger partial charge in [0.25, 0.3) is 10.0 Å². The first kappa shape index (κ1) is 31.0. The lowest BCUT2D eigenvalue weighted by Crippen LogP contribution is -2.51. The predicted molar refractivity (Wildman–Crippen MR) is 158 cm³/mol. The van der Waals surface area contributed by atoms with E-state index >= 15 is 0 Å². The number of sulfonamides is 1. The van der Waals surface area contributed by atoms with Crippen molar-refractivity contribution in [3.05, 3.63) is 89.4 Å². The van der Waals surface area contributed by atoms with Gasteiger partial charge in [0.2, 0.25) is 11.8 Å². The van der Waals surface area contributed by atoms with E-state index in [0.29, 0.717) is 29.6 Å². The summed E-state index contributed by atoms with van der Waals surface area (Å²) in [5, 5.41) is 3.42. The van der Waals surface area contributed by atoms with E-state index in [9.17, 15) is 18.0 Å². The molecule has 3 aromatic rings. The molecule has 1 unspecified atom stereocenters. The van der Waals surface area contributed by atoms with Crippen LogP contribution in [-0.2, 0) is 26.2 Å². The molecule has 3 aromatic carbocycles. The molecule has 0 fully saturated rings. The van der Waals surface area contributed by atoms with Crippen LogP contribution in [0, 0.1) is 0 Å². The zero-order valence-corrected chi connectivity index (χ0v) is 24.6.